The van der Waals surface area contributed by atoms with Crippen molar-refractivity contribution in [3.63, 3.8) is 0 Å². The van der Waals surface area contributed by atoms with E-state index >= 15 is 0 Å². The lowest BCUT2D eigenvalue weighted by molar-refractivity contribution is -0.0526. The average Bonchev–Trinajstić information content (AvgIpc) is 1.64. The summed E-state index contributed by atoms with van der Waals surface area (Å²) in [5, 5.41) is 0. The molecule has 9 heavy (non-hydrogen) atoms. The fraction of sp³-hybridized carbons (Fsp3) is 1.00. The summed E-state index contributed by atoms with van der Waals surface area (Å²) in [5.41, 5.74) is -5.30. The van der Waals surface area contributed by atoms with Gasteiger partial charge in [0.25, 0.3) is 0 Å². The second-order valence-corrected chi connectivity index (χ2v) is 2.77. The van der Waals surface area contributed by atoms with Crippen molar-refractivity contribution >= 4 is 10.1 Å². The molecule has 0 N–H and O–H groups in total. The van der Waals surface area contributed by atoms with Gasteiger partial charge < -0.3 is 0 Å². The van der Waals surface area contributed by atoms with Gasteiger partial charge >= 0.3 is 15.6 Å². The molecule has 0 heterocycles. The van der Waals surface area contributed by atoms with Crippen molar-refractivity contribution in [3.05, 3.63) is 0 Å². The minimum Gasteiger partial charge on any atom is -0.267 e. The maximum Gasteiger partial charge on any atom is 0.523 e. The summed E-state index contributed by atoms with van der Waals surface area (Å²) >= 11 is 0. The molecule has 0 bridgehead atoms. The molecule has 0 atom stereocenters. The molecule has 0 aromatic rings. The van der Waals surface area contributed by atoms with E-state index in [1.807, 2.05) is 0 Å². The quantitative estimate of drug-likeness (QED) is 0.427. The average molecular weight is 167 g/mol. The predicted octanol–water partition coefficient (Wildman–Crippen LogP) is 0.728. The van der Waals surface area contributed by atoms with E-state index in [0.29, 0.717) is 7.11 Å². The van der Waals surface area contributed by atoms with Gasteiger partial charge in [0, 0.05) is 1.43 Å². The fourth-order valence-electron chi connectivity index (χ4n) is 0.0945. The lowest BCUT2D eigenvalue weighted by Gasteiger charge is -2.02. The molecule has 7 heteroatoms. The third-order valence-corrected chi connectivity index (χ3v) is 1.51. The Morgan fingerprint density at radius 2 is 1.78 bits per heavy atom. The van der Waals surface area contributed by atoms with E-state index in [1.165, 1.54) is 0 Å². The Morgan fingerprint density at radius 1 is 1.44 bits per heavy atom. The molecule has 0 saturated heterocycles. The van der Waals surface area contributed by atoms with Crippen molar-refractivity contribution < 1.29 is 27.2 Å². The molecule has 0 radical (unpaired) electrons. The summed E-state index contributed by atoms with van der Waals surface area (Å²) in [6, 6.07) is 0. The van der Waals surface area contributed by atoms with Gasteiger partial charge in [0.1, 0.15) is 0 Å². The highest BCUT2D eigenvalue weighted by Crippen LogP contribution is 2.23. The van der Waals surface area contributed by atoms with Crippen molar-refractivity contribution in [2.24, 2.45) is 0 Å². The summed E-state index contributed by atoms with van der Waals surface area (Å²) in [4.78, 5) is 0. The van der Waals surface area contributed by atoms with Crippen LogP contribution in [-0.4, -0.2) is 21.0 Å². The van der Waals surface area contributed by atoms with Crippen LogP contribution in [0.5, 0.6) is 0 Å². The van der Waals surface area contributed by atoms with E-state index in [1.54, 1.807) is 0 Å². The molecule has 0 aromatic heterocycles. The highest BCUT2D eigenvalue weighted by atomic mass is 32.2. The minimum atomic E-state index is -5.34. The van der Waals surface area contributed by atoms with Gasteiger partial charge in [0.15, 0.2) is 0 Å². The van der Waals surface area contributed by atoms with Crippen molar-refractivity contribution in [1.29, 1.82) is 0 Å². The van der Waals surface area contributed by atoms with E-state index < -0.39 is 15.6 Å². The Kier molecular flexibility index (Phi) is 2.07. The molecule has 3 nitrogen and oxygen atoms in total. The van der Waals surface area contributed by atoms with E-state index in [9.17, 15) is 21.6 Å². The molecule has 0 aliphatic carbocycles. The lowest BCUT2D eigenvalue weighted by Crippen LogP contribution is -2.23. The molecule has 0 aromatic carbocycles. The molecule has 0 spiro atoms. The second kappa shape index (κ2) is 2.14. The predicted molar refractivity (Wildman–Crippen MR) is 24.1 cm³/mol. The largest absolute Gasteiger partial charge is 0.523 e. The zero-order valence-electron chi connectivity index (χ0n) is 4.27. The van der Waals surface area contributed by atoms with Crippen LogP contribution in [0, 0.1) is 0 Å². The van der Waals surface area contributed by atoms with Crippen LogP contribution in [-0.2, 0) is 14.3 Å². The number of hydrogen-bond donors (Lipinski definition) is 0. The first-order valence-corrected chi connectivity index (χ1v) is 3.09. The van der Waals surface area contributed by atoms with Gasteiger partial charge in [-0.3, -0.25) is 4.18 Å². The monoisotopic (exact) mass is 167 g/mol. The number of halogens is 3. The number of alkyl halides is 3. The molecule has 0 aliphatic rings. The van der Waals surface area contributed by atoms with Crippen LogP contribution in [0.15, 0.2) is 0 Å². The molecule has 0 amide bonds. The van der Waals surface area contributed by atoms with E-state index in [0.717, 1.165) is 0 Å². The molecule has 58 valence electrons. The maximum absolute atomic E-state index is 11.1. The van der Waals surface area contributed by atoms with Crippen LogP contribution in [0.3, 0.4) is 0 Å². The molecule has 0 rings (SSSR count). The molecule has 0 saturated carbocycles. The molecule has 0 fully saturated rings. The summed E-state index contributed by atoms with van der Waals surface area (Å²) in [7, 11) is -4.89. The molecule has 0 unspecified atom stereocenters. The third-order valence-electron chi connectivity index (χ3n) is 0.503. The molecule has 0 aliphatic heterocycles. The minimum absolute atomic E-state index is 0. The maximum atomic E-state index is 11.1. The van der Waals surface area contributed by atoms with Crippen LogP contribution in [0.4, 0.5) is 13.2 Å². The topological polar surface area (TPSA) is 43.4 Å². The Balaban J connectivity index is 0. The van der Waals surface area contributed by atoms with E-state index in [4.69, 9.17) is 0 Å². The van der Waals surface area contributed by atoms with Crippen LogP contribution in [0.2, 0.25) is 0 Å². The number of hydrogen-bond acceptors (Lipinski definition) is 3. The SMILES string of the molecule is COS(=O)(=O)C(F)(F)F.[2HH]. The van der Waals surface area contributed by atoms with Gasteiger partial charge in [-0.25, -0.2) is 0 Å². The summed E-state index contributed by atoms with van der Waals surface area (Å²) < 4.78 is 55.9. The van der Waals surface area contributed by atoms with Gasteiger partial charge in [-0.2, -0.15) is 21.6 Å². The molecular weight excluding hydrogens is 161 g/mol. The lowest BCUT2D eigenvalue weighted by atomic mass is 11.6. The first-order valence-electron chi connectivity index (χ1n) is 1.68. The zero-order chi connectivity index (χ0) is 7.71. The van der Waals surface area contributed by atoms with Gasteiger partial charge in [-0.05, 0) is 0 Å². The van der Waals surface area contributed by atoms with Crippen LogP contribution in [0.1, 0.15) is 1.43 Å². The van der Waals surface area contributed by atoms with Crippen LogP contribution >= 0.6 is 0 Å². The van der Waals surface area contributed by atoms with Crippen LogP contribution < -0.4 is 0 Å². The Bertz CT molecular complexity index is 182. The smallest absolute Gasteiger partial charge is 0.267 e. The Labute approximate surface area is 51.0 Å². The van der Waals surface area contributed by atoms with Gasteiger partial charge in [-0.1, -0.05) is 0 Å². The van der Waals surface area contributed by atoms with Crippen molar-refractivity contribution in [1.82, 2.24) is 0 Å². The summed E-state index contributed by atoms with van der Waals surface area (Å²) in [5.74, 6) is 0. The summed E-state index contributed by atoms with van der Waals surface area (Å²) in [6.07, 6.45) is 0. The highest BCUT2D eigenvalue weighted by molar-refractivity contribution is 7.87. The van der Waals surface area contributed by atoms with Crippen molar-refractivity contribution in [2.45, 2.75) is 5.51 Å². The summed E-state index contributed by atoms with van der Waals surface area (Å²) in [6.45, 7) is 0. The first-order chi connectivity index (χ1) is 3.81. The zero-order valence-corrected chi connectivity index (χ0v) is 5.08. The normalized spacial score (nSPS) is 13.8. The van der Waals surface area contributed by atoms with Crippen molar-refractivity contribution in [3.8, 4) is 0 Å². The standard InChI is InChI=1S/C2H3F3O3S.H2/c1-8-9(6,7)2(3,4)5;/h1H3;1H/i;1+1. The highest BCUT2D eigenvalue weighted by Gasteiger charge is 2.46. The Hall–Kier alpha value is -0.300. The number of rotatable bonds is 1. The third kappa shape index (κ3) is 1.83. The second-order valence-electron chi connectivity index (χ2n) is 1.07. The van der Waals surface area contributed by atoms with Crippen LogP contribution in [0.25, 0.3) is 0 Å². The molecular formula is C2H5F3O3S. The van der Waals surface area contributed by atoms with Gasteiger partial charge in [0.2, 0.25) is 0 Å². The van der Waals surface area contributed by atoms with Gasteiger partial charge in [0.05, 0.1) is 7.11 Å². The Morgan fingerprint density at radius 3 is 1.78 bits per heavy atom. The van der Waals surface area contributed by atoms with Crippen molar-refractivity contribution in [2.75, 3.05) is 7.11 Å². The van der Waals surface area contributed by atoms with E-state index in [2.05, 4.69) is 4.18 Å². The van der Waals surface area contributed by atoms with Gasteiger partial charge in [-0.15, -0.1) is 0 Å². The first kappa shape index (κ1) is 8.70. The fourth-order valence-corrected chi connectivity index (χ4v) is 0.283. The van der Waals surface area contributed by atoms with E-state index in [-0.39, 0.29) is 1.43 Å².